The molecule has 0 fully saturated rings. The van der Waals surface area contributed by atoms with Gasteiger partial charge in [0.05, 0.1) is 29.8 Å². The van der Waals surface area contributed by atoms with E-state index in [0.717, 1.165) is 10.9 Å². The van der Waals surface area contributed by atoms with E-state index in [4.69, 9.17) is 35.6 Å². The number of furan rings is 1. The first-order valence-corrected chi connectivity index (χ1v) is 14.1. The van der Waals surface area contributed by atoms with E-state index in [1.165, 1.54) is 30.1 Å². The van der Waals surface area contributed by atoms with Crippen molar-refractivity contribution in [3.63, 3.8) is 0 Å². The van der Waals surface area contributed by atoms with Crippen molar-refractivity contribution in [3.05, 3.63) is 121 Å². The number of benzene rings is 4. The van der Waals surface area contributed by atoms with Crippen LogP contribution in [0.4, 0.5) is 0 Å². The third kappa shape index (κ3) is 5.75. The Morgan fingerprint density at radius 1 is 1.07 bits per heavy atom. The molecule has 11 heteroatoms. The minimum absolute atomic E-state index is 0.195. The van der Waals surface area contributed by atoms with Crippen molar-refractivity contribution in [3.8, 4) is 23.1 Å². The Bertz CT molecular complexity index is 2100. The largest absolute Gasteiger partial charge is 0.493 e. The standard InChI is InChI=1S/C32H21BrClN3O6/c1-41-27-14-21(24(33)15-28(27)42-17-18-6-8-19(9-7-18)32(39)40)16-35-37-30(36-25-5-3-2-4-23(25)31(37)38)29-13-20-12-22(34)10-11-26(20)43-29/h2-16H,17H2,1H3,(H,39,40). The highest BCUT2D eigenvalue weighted by atomic mass is 79.9. The number of nitrogens with zero attached hydrogens (tertiary/aromatic N) is 3. The Hall–Kier alpha value is -4.93. The summed E-state index contributed by atoms with van der Waals surface area (Å²) in [6, 6.07) is 23.9. The van der Waals surface area contributed by atoms with Crippen molar-refractivity contribution in [1.82, 2.24) is 9.66 Å². The fourth-order valence-corrected chi connectivity index (χ4v) is 5.07. The van der Waals surface area contributed by atoms with Crippen molar-refractivity contribution >= 4 is 61.6 Å². The van der Waals surface area contributed by atoms with Crippen LogP contribution in [-0.4, -0.2) is 34.1 Å². The lowest BCUT2D eigenvalue weighted by atomic mass is 10.1. The van der Waals surface area contributed by atoms with Gasteiger partial charge in [-0.3, -0.25) is 4.79 Å². The molecule has 0 radical (unpaired) electrons. The third-order valence-electron chi connectivity index (χ3n) is 6.64. The molecule has 0 saturated carbocycles. The van der Waals surface area contributed by atoms with Gasteiger partial charge in [0.2, 0.25) is 5.82 Å². The number of carboxylic acids is 1. The number of carboxylic acid groups (broad SMARTS) is 1. The summed E-state index contributed by atoms with van der Waals surface area (Å²) in [6.07, 6.45) is 1.52. The maximum atomic E-state index is 13.6. The summed E-state index contributed by atoms with van der Waals surface area (Å²) in [4.78, 5) is 29.4. The molecule has 0 bridgehead atoms. The summed E-state index contributed by atoms with van der Waals surface area (Å²) in [5.74, 6) is 0.482. The fourth-order valence-electron chi connectivity index (χ4n) is 4.46. The molecule has 0 spiro atoms. The number of aromatic carboxylic acids is 1. The monoisotopic (exact) mass is 657 g/mol. The molecule has 0 amide bonds. The van der Waals surface area contributed by atoms with E-state index < -0.39 is 5.97 Å². The Labute approximate surface area is 257 Å². The van der Waals surface area contributed by atoms with Gasteiger partial charge in [-0.2, -0.15) is 9.78 Å². The molecule has 9 nitrogen and oxygen atoms in total. The molecule has 2 aromatic heterocycles. The summed E-state index contributed by atoms with van der Waals surface area (Å²) in [6.45, 7) is 0.195. The summed E-state index contributed by atoms with van der Waals surface area (Å²) in [7, 11) is 1.52. The van der Waals surface area contributed by atoms with Crippen LogP contribution in [0.1, 0.15) is 21.5 Å². The maximum absolute atomic E-state index is 13.6. The lowest BCUT2D eigenvalue weighted by Crippen LogP contribution is -2.20. The molecule has 0 atom stereocenters. The van der Waals surface area contributed by atoms with Crippen LogP contribution in [0.5, 0.6) is 11.5 Å². The van der Waals surface area contributed by atoms with Gasteiger partial charge in [-0.15, -0.1) is 0 Å². The number of ether oxygens (including phenoxy) is 2. The van der Waals surface area contributed by atoms with E-state index >= 15 is 0 Å². The number of methoxy groups -OCH3 is 1. The van der Waals surface area contributed by atoms with Crippen LogP contribution in [0.25, 0.3) is 33.5 Å². The molecule has 43 heavy (non-hydrogen) atoms. The molecule has 6 rings (SSSR count). The van der Waals surface area contributed by atoms with Crippen LogP contribution < -0.4 is 15.0 Å². The summed E-state index contributed by atoms with van der Waals surface area (Å²) in [5, 5.41) is 15.4. The van der Waals surface area contributed by atoms with Crippen molar-refractivity contribution in [2.45, 2.75) is 6.61 Å². The van der Waals surface area contributed by atoms with Gasteiger partial charge < -0.3 is 19.0 Å². The molecule has 4 aromatic carbocycles. The van der Waals surface area contributed by atoms with Crippen LogP contribution in [0.3, 0.4) is 0 Å². The fraction of sp³-hybridized carbons (Fsp3) is 0.0625. The highest BCUT2D eigenvalue weighted by molar-refractivity contribution is 9.10. The first-order valence-electron chi connectivity index (χ1n) is 12.9. The van der Waals surface area contributed by atoms with E-state index in [1.807, 2.05) is 6.07 Å². The Morgan fingerprint density at radius 2 is 1.86 bits per heavy atom. The molecule has 2 heterocycles. The zero-order chi connectivity index (χ0) is 30.1. The average molecular weight is 659 g/mol. The quantitative estimate of drug-likeness (QED) is 0.170. The molecule has 0 aliphatic carbocycles. The van der Waals surface area contributed by atoms with Gasteiger partial charge in [-0.1, -0.05) is 35.9 Å². The molecule has 214 valence electrons. The van der Waals surface area contributed by atoms with Crippen LogP contribution in [0.2, 0.25) is 5.02 Å². The molecule has 0 aliphatic rings. The van der Waals surface area contributed by atoms with Gasteiger partial charge in [-0.05, 0) is 82.2 Å². The van der Waals surface area contributed by atoms with Gasteiger partial charge >= 0.3 is 5.97 Å². The highest BCUT2D eigenvalue weighted by Gasteiger charge is 2.17. The molecular weight excluding hydrogens is 638 g/mol. The van der Waals surface area contributed by atoms with Crippen LogP contribution in [0, 0.1) is 0 Å². The van der Waals surface area contributed by atoms with E-state index in [1.54, 1.807) is 66.7 Å². The van der Waals surface area contributed by atoms with E-state index in [9.17, 15) is 9.59 Å². The topological polar surface area (TPSA) is 116 Å². The molecule has 6 aromatic rings. The number of hydrogen-bond donors (Lipinski definition) is 1. The second-order valence-corrected chi connectivity index (χ2v) is 10.7. The predicted octanol–water partition coefficient (Wildman–Crippen LogP) is 7.39. The second-order valence-electron chi connectivity index (χ2n) is 9.42. The minimum atomic E-state index is -0.994. The number of rotatable bonds is 8. The number of halogens is 2. The molecular formula is C32H21BrClN3O6. The average Bonchev–Trinajstić information content (AvgIpc) is 3.43. The first-order chi connectivity index (χ1) is 20.8. The van der Waals surface area contributed by atoms with E-state index in [2.05, 4.69) is 21.0 Å². The highest BCUT2D eigenvalue weighted by Crippen LogP contribution is 2.34. The van der Waals surface area contributed by atoms with Gasteiger partial charge in [-0.25, -0.2) is 9.78 Å². The van der Waals surface area contributed by atoms with Crippen molar-refractivity contribution < 1.29 is 23.8 Å². The minimum Gasteiger partial charge on any atom is -0.493 e. The van der Waals surface area contributed by atoms with Gasteiger partial charge in [0, 0.05) is 20.4 Å². The molecule has 0 aliphatic heterocycles. The Kier molecular flexibility index (Phi) is 7.71. The number of fused-ring (bicyclic) bond motifs is 2. The smallest absolute Gasteiger partial charge is 0.335 e. The number of aromatic nitrogens is 2. The van der Waals surface area contributed by atoms with Crippen molar-refractivity contribution in [2.24, 2.45) is 5.10 Å². The molecule has 0 unspecified atom stereocenters. The lowest BCUT2D eigenvalue weighted by Gasteiger charge is -2.13. The second kappa shape index (κ2) is 11.7. The van der Waals surface area contributed by atoms with Crippen molar-refractivity contribution in [2.75, 3.05) is 7.11 Å². The van der Waals surface area contributed by atoms with Crippen molar-refractivity contribution in [1.29, 1.82) is 0 Å². The van der Waals surface area contributed by atoms with Crippen LogP contribution >= 0.6 is 27.5 Å². The lowest BCUT2D eigenvalue weighted by molar-refractivity contribution is 0.0697. The van der Waals surface area contributed by atoms with E-state index in [0.29, 0.717) is 48.8 Å². The summed E-state index contributed by atoms with van der Waals surface area (Å²) < 4.78 is 19.4. The van der Waals surface area contributed by atoms with Gasteiger partial charge in [0.1, 0.15) is 12.2 Å². The summed E-state index contributed by atoms with van der Waals surface area (Å²) >= 11 is 9.73. The zero-order valence-corrected chi connectivity index (χ0v) is 24.8. The Balaban J connectivity index is 1.36. The molecule has 1 N–H and O–H groups in total. The SMILES string of the molecule is COc1cc(C=Nn2c(-c3cc4cc(Cl)ccc4o3)nc3ccccc3c2=O)c(Br)cc1OCc1ccc(C(=O)O)cc1. The van der Waals surface area contributed by atoms with Gasteiger partial charge in [0.15, 0.2) is 17.3 Å². The first kappa shape index (κ1) is 28.2. The van der Waals surface area contributed by atoms with Crippen LogP contribution in [-0.2, 0) is 6.61 Å². The zero-order valence-electron chi connectivity index (χ0n) is 22.5. The number of hydrogen-bond acceptors (Lipinski definition) is 7. The number of carbonyl (C=O) groups is 1. The Morgan fingerprint density at radius 3 is 2.63 bits per heavy atom. The predicted molar refractivity (Wildman–Crippen MR) is 168 cm³/mol. The van der Waals surface area contributed by atoms with E-state index in [-0.39, 0.29) is 23.6 Å². The summed E-state index contributed by atoms with van der Waals surface area (Å²) in [5.41, 5.74) is 2.33. The molecule has 0 saturated heterocycles. The van der Waals surface area contributed by atoms with Crippen LogP contribution in [0.15, 0.2) is 104 Å². The van der Waals surface area contributed by atoms with Gasteiger partial charge in [0.25, 0.3) is 5.56 Å². The third-order valence-corrected chi connectivity index (χ3v) is 7.56. The normalized spacial score (nSPS) is 11.4. The number of para-hydroxylation sites is 1. The maximum Gasteiger partial charge on any atom is 0.335 e.